The summed E-state index contributed by atoms with van der Waals surface area (Å²) in [5.41, 5.74) is 3.31. The number of nitrogens with zero attached hydrogens (tertiary/aromatic N) is 2. The number of para-hydroxylation sites is 1. The van der Waals surface area contributed by atoms with Crippen LogP contribution in [0, 0.1) is 10.1 Å². The van der Waals surface area contributed by atoms with Crippen LogP contribution in [-0.2, 0) is 10.2 Å². The molecule has 7 nitrogen and oxygen atoms in total. The van der Waals surface area contributed by atoms with Crippen molar-refractivity contribution in [3.63, 3.8) is 0 Å². The van der Waals surface area contributed by atoms with Crippen LogP contribution in [0.5, 0.6) is 5.75 Å². The number of methoxy groups -OCH3 is 1. The monoisotopic (exact) mass is 427 g/mol. The lowest BCUT2D eigenvalue weighted by molar-refractivity contribution is -0.486. The molecule has 5 rings (SSSR count). The van der Waals surface area contributed by atoms with E-state index in [4.69, 9.17) is 4.74 Å². The number of ether oxygens (including phenoxy) is 1. The minimum Gasteiger partial charge on any atom is -0.497 e. The molecule has 0 radical (unpaired) electrons. The molecule has 1 amide bonds. The van der Waals surface area contributed by atoms with Gasteiger partial charge in [-0.1, -0.05) is 36.4 Å². The van der Waals surface area contributed by atoms with E-state index in [9.17, 15) is 14.9 Å². The Kier molecular flexibility index (Phi) is 4.48. The molecule has 0 saturated heterocycles. The summed E-state index contributed by atoms with van der Waals surface area (Å²) in [6.07, 6.45) is 1.74. The van der Waals surface area contributed by atoms with Gasteiger partial charge in [-0.25, -0.2) is 0 Å². The Morgan fingerprint density at radius 3 is 2.47 bits per heavy atom. The molecule has 0 unspecified atom stereocenters. The fraction of sp³-hybridized carbons (Fsp3) is 0.160. The predicted molar refractivity (Wildman–Crippen MR) is 123 cm³/mol. The molecule has 0 fully saturated rings. The van der Waals surface area contributed by atoms with E-state index >= 15 is 0 Å². The van der Waals surface area contributed by atoms with Crippen LogP contribution >= 0.6 is 0 Å². The first-order valence-corrected chi connectivity index (χ1v) is 10.2. The summed E-state index contributed by atoms with van der Waals surface area (Å²) in [5, 5.41) is 12.6. The average Bonchev–Trinajstić information content (AvgIpc) is 3.33. The summed E-state index contributed by atoms with van der Waals surface area (Å²) in [6.45, 7) is -0.521. The number of carbonyl (C=O) groups is 1. The molecule has 1 N–H and O–H groups in total. The molecule has 2 heterocycles. The van der Waals surface area contributed by atoms with Gasteiger partial charge in [0.2, 0.25) is 12.5 Å². The number of H-pyrrole nitrogens is 1. The summed E-state index contributed by atoms with van der Waals surface area (Å²) in [5.74, 6) is 0.462. The van der Waals surface area contributed by atoms with Crippen molar-refractivity contribution in [1.82, 2.24) is 4.98 Å². The molecule has 1 aliphatic heterocycles. The first kappa shape index (κ1) is 19.8. The summed E-state index contributed by atoms with van der Waals surface area (Å²) in [7, 11) is 3.29. The van der Waals surface area contributed by atoms with E-state index in [1.165, 1.54) is 4.90 Å². The molecule has 7 heteroatoms. The fourth-order valence-electron chi connectivity index (χ4n) is 4.77. The number of benzene rings is 3. The zero-order valence-corrected chi connectivity index (χ0v) is 17.7. The van der Waals surface area contributed by atoms with Crippen LogP contribution in [0.4, 0.5) is 5.69 Å². The molecule has 0 saturated carbocycles. The van der Waals surface area contributed by atoms with Gasteiger partial charge in [-0.3, -0.25) is 14.9 Å². The van der Waals surface area contributed by atoms with Crippen LogP contribution < -0.4 is 9.64 Å². The minimum absolute atomic E-state index is 0.300. The van der Waals surface area contributed by atoms with E-state index in [1.807, 2.05) is 66.7 Å². The Balaban J connectivity index is 1.74. The number of nitro groups is 1. The van der Waals surface area contributed by atoms with Crippen molar-refractivity contribution in [2.24, 2.45) is 0 Å². The topological polar surface area (TPSA) is 88.5 Å². The number of carbonyl (C=O) groups excluding carboxylic acids is 1. The lowest BCUT2D eigenvalue weighted by Gasteiger charge is -2.24. The molecule has 1 aromatic heterocycles. The third-order valence-electron chi connectivity index (χ3n) is 6.33. The molecule has 1 aliphatic rings. The van der Waals surface area contributed by atoms with Crippen molar-refractivity contribution < 1.29 is 14.5 Å². The van der Waals surface area contributed by atoms with E-state index < -0.39 is 16.9 Å². The number of hydrogen-bond acceptors (Lipinski definition) is 4. The molecule has 0 bridgehead atoms. The molecule has 3 aromatic carbocycles. The molecular formula is C25H21N3O4. The van der Waals surface area contributed by atoms with Gasteiger partial charge in [-0.15, -0.1) is 0 Å². The number of likely N-dealkylation sites (N-methyl/N-ethyl adjacent to an activating group) is 1. The van der Waals surface area contributed by atoms with Gasteiger partial charge in [-0.05, 0) is 41.5 Å². The number of nitrogens with one attached hydrogen (secondary N) is 1. The van der Waals surface area contributed by atoms with Gasteiger partial charge in [0.15, 0.2) is 5.41 Å². The number of aromatic nitrogens is 1. The molecular weight excluding hydrogens is 406 g/mol. The van der Waals surface area contributed by atoms with Crippen molar-refractivity contribution in [1.29, 1.82) is 0 Å². The van der Waals surface area contributed by atoms with Crippen molar-refractivity contribution in [3.8, 4) is 16.9 Å². The fourth-order valence-corrected chi connectivity index (χ4v) is 4.77. The first-order valence-electron chi connectivity index (χ1n) is 10.2. The highest BCUT2D eigenvalue weighted by atomic mass is 16.6. The standard InChI is InChI=1S/C25H21N3O4/c1-27-23-6-4-3-5-20(23)25(24(27)29,15-28(30)31)21-14-26-22-12-9-17(13-19(21)22)16-7-10-18(32-2)11-8-16/h3-14,26H,15H2,1-2H3/t25-/m1/s1. The van der Waals surface area contributed by atoms with Crippen LogP contribution in [0.1, 0.15) is 11.1 Å². The van der Waals surface area contributed by atoms with Crippen LogP contribution in [-0.4, -0.2) is 36.5 Å². The Morgan fingerprint density at radius 1 is 1.03 bits per heavy atom. The number of amides is 1. The highest BCUT2D eigenvalue weighted by molar-refractivity contribution is 6.12. The van der Waals surface area contributed by atoms with Crippen molar-refractivity contribution in [3.05, 3.63) is 94.2 Å². The molecule has 160 valence electrons. The van der Waals surface area contributed by atoms with Gasteiger partial charge in [0, 0.05) is 45.9 Å². The van der Waals surface area contributed by atoms with Gasteiger partial charge in [0.25, 0.3) is 0 Å². The highest BCUT2D eigenvalue weighted by Crippen LogP contribution is 2.48. The average molecular weight is 427 g/mol. The van der Waals surface area contributed by atoms with Gasteiger partial charge >= 0.3 is 0 Å². The first-order chi connectivity index (χ1) is 15.5. The second-order valence-electron chi connectivity index (χ2n) is 7.97. The van der Waals surface area contributed by atoms with Gasteiger partial charge in [0.05, 0.1) is 7.11 Å². The van der Waals surface area contributed by atoms with Gasteiger partial charge in [-0.2, -0.15) is 0 Å². The number of aromatic amines is 1. The highest BCUT2D eigenvalue weighted by Gasteiger charge is 2.55. The maximum atomic E-state index is 13.6. The number of rotatable bonds is 5. The lowest BCUT2D eigenvalue weighted by Crippen LogP contribution is -2.44. The van der Waals surface area contributed by atoms with Crippen molar-refractivity contribution >= 4 is 22.5 Å². The van der Waals surface area contributed by atoms with E-state index in [1.54, 1.807) is 20.4 Å². The van der Waals surface area contributed by atoms with Gasteiger partial charge < -0.3 is 14.6 Å². The third kappa shape index (κ3) is 2.78. The Morgan fingerprint density at radius 2 is 1.75 bits per heavy atom. The van der Waals surface area contributed by atoms with Crippen LogP contribution in [0.3, 0.4) is 0 Å². The minimum atomic E-state index is -1.40. The van der Waals surface area contributed by atoms with E-state index in [-0.39, 0.29) is 5.91 Å². The maximum Gasteiger partial charge on any atom is 0.248 e. The third-order valence-corrected chi connectivity index (χ3v) is 6.33. The second-order valence-corrected chi connectivity index (χ2v) is 7.97. The van der Waals surface area contributed by atoms with E-state index in [0.717, 1.165) is 27.8 Å². The normalized spacial score (nSPS) is 17.6. The van der Waals surface area contributed by atoms with Crippen molar-refractivity contribution in [2.45, 2.75) is 5.41 Å². The quantitative estimate of drug-likeness (QED) is 0.378. The Bertz CT molecular complexity index is 1360. The van der Waals surface area contributed by atoms with Crippen molar-refractivity contribution in [2.75, 3.05) is 25.6 Å². The maximum absolute atomic E-state index is 13.6. The smallest absolute Gasteiger partial charge is 0.248 e. The molecule has 0 aliphatic carbocycles. The molecule has 32 heavy (non-hydrogen) atoms. The number of fused-ring (bicyclic) bond motifs is 2. The van der Waals surface area contributed by atoms with Crippen LogP contribution in [0.15, 0.2) is 72.9 Å². The summed E-state index contributed by atoms with van der Waals surface area (Å²) >= 11 is 0. The zero-order valence-electron chi connectivity index (χ0n) is 17.7. The largest absolute Gasteiger partial charge is 0.497 e. The molecule has 1 atom stereocenters. The summed E-state index contributed by atoms with van der Waals surface area (Å²) < 4.78 is 5.24. The number of hydrogen-bond donors (Lipinski definition) is 1. The SMILES string of the molecule is COc1ccc(-c2ccc3[nH]cc([C@]4(C[N+](=O)[O-])C(=O)N(C)c5ccccc54)c3c2)cc1. The predicted octanol–water partition coefficient (Wildman–Crippen LogP) is 4.38. The summed E-state index contributed by atoms with van der Waals surface area (Å²) in [6, 6.07) is 20.9. The number of anilines is 1. The second kappa shape index (κ2) is 7.23. The Labute approximate surface area is 184 Å². The van der Waals surface area contributed by atoms with Crippen LogP contribution in [0.25, 0.3) is 22.0 Å². The molecule has 0 spiro atoms. The van der Waals surface area contributed by atoms with Crippen LogP contribution in [0.2, 0.25) is 0 Å². The molecule has 4 aromatic rings. The van der Waals surface area contributed by atoms with E-state index in [2.05, 4.69) is 4.98 Å². The van der Waals surface area contributed by atoms with E-state index in [0.29, 0.717) is 16.8 Å². The zero-order chi connectivity index (χ0) is 22.5. The Hall–Kier alpha value is -4.13. The lowest BCUT2D eigenvalue weighted by atomic mass is 9.75. The van der Waals surface area contributed by atoms with Gasteiger partial charge in [0.1, 0.15) is 5.75 Å². The summed E-state index contributed by atoms with van der Waals surface area (Å²) in [4.78, 5) is 29.7.